The van der Waals surface area contributed by atoms with E-state index in [9.17, 15) is 0 Å². The summed E-state index contributed by atoms with van der Waals surface area (Å²) in [5.41, 5.74) is 4.50. The van der Waals surface area contributed by atoms with Crippen molar-refractivity contribution < 1.29 is 14.0 Å². The lowest BCUT2D eigenvalue weighted by molar-refractivity contribution is -0.188. The lowest BCUT2D eigenvalue weighted by Crippen LogP contribution is -2.24. The van der Waals surface area contributed by atoms with Gasteiger partial charge in [0.15, 0.2) is 12.1 Å². The molecule has 1 unspecified atom stereocenters. The van der Waals surface area contributed by atoms with Gasteiger partial charge in [-0.1, -0.05) is 22.2 Å². The molecular weight excluding hydrogens is 556 g/mol. The summed E-state index contributed by atoms with van der Waals surface area (Å²) in [5.74, 6) is 7.95. The largest absolute Gasteiger partial charge is 0.356 e. The molecule has 11 heteroatoms. The molecule has 6 rings (SSSR count). The van der Waals surface area contributed by atoms with E-state index < -0.39 is 0 Å². The molecule has 2 atom stereocenters. The first-order valence-corrected chi connectivity index (χ1v) is 15.1. The number of benzene rings is 1. The summed E-state index contributed by atoms with van der Waals surface area (Å²) in [6.45, 7) is 5.72. The van der Waals surface area contributed by atoms with E-state index in [1.807, 2.05) is 77.2 Å². The van der Waals surface area contributed by atoms with Crippen LogP contribution in [0.15, 0.2) is 78.0 Å². The molecule has 226 valence electrons. The number of hydrogen-bond acceptors (Lipinski definition) is 9. The fourth-order valence-electron chi connectivity index (χ4n) is 5.02. The number of hydrogen-bond donors (Lipinski definition) is 1. The molecule has 0 saturated carbocycles. The average molecular weight is 593 g/mol. The van der Waals surface area contributed by atoms with E-state index >= 15 is 0 Å². The van der Waals surface area contributed by atoms with Crippen molar-refractivity contribution in [3.8, 4) is 23.2 Å². The molecule has 5 aromatic rings. The van der Waals surface area contributed by atoms with Gasteiger partial charge < -0.3 is 23.9 Å². The van der Waals surface area contributed by atoms with Gasteiger partial charge in [-0.3, -0.25) is 9.67 Å². The van der Waals surface area contributed by atoms with Gasteiger partial charge in [-0.05, 0) is 75.5 Å². The molecule has 11 nitrogen and oxygen atoms in total. The number of aryl methyl sites for hydroxylation is 1. The number of nitrogens with zero attached hydrogens (tertiary/aromatic N) is 7. The third-order valence-corrected chi connectivity index (χ3v) is 7.36. The zero-order valence-corrected chi connectivity index (χ0v) is 24.8. The van der Waals surface area contributed by atoms with Crippen molar-refractivity contribution in [2.45, 2.75) is 64.6 Å². The normalized spacial score (nSPS) is 15.5. The van der Waals surface area contributed by atoms with Gasteiger partial charge in [0.25, 0.3) is 0 Å². The van der Waals surface area contributed by atoms with Crippen molar-refractivity contribution in [1.29, 1.82) is 0 Å². The van der Waals surface area contributed by atoms with Crippen LogP contribution >= 0.6 is 0 Å². The van der Waals surface area contributed by atoms with Crippen LogP contribution in [0.4, 0.5) is 0 Å². The van der Waals surface area contributed by atoms with Crippen LogP contribution < -0.4 is 5.32 Å². The molecule has 0 bridgehead atoms. The standard InChI is InChI=1S/C33H36N8O3/c1-25(43-32-5-2-3-20-42-32)33-35-15-18-40(33)24-30-21-31(44-38-30)28-11-8-26(9-12-28)6-7-27-10-13-29(36-22-27)23-34-14-4-17-41-19-16-37-39-41/h8-13,15-16,18-19,21-22,25,32,34H,2-5,14,17,20,23-24H2,1H3/t25-,32?/m0/s1. The Labute approximate surface area is 256 Å². The second-order valence-corrected chi connectivity index (χ2v) is 10.7. The van der Waals surface area contributed by atoms with Gasteiger partial charge in [-0.15, -0.1) is 5.10 Å². The number of imidazole rings is 1. The quantitative estimate of drug-likeness (QED) is 0.162. The van der Waals surface area contributed by atoms with Gasteiger partial charge in [0.1, 0.15) is 17.6 Å². The molecule has 1 N–H and O–H groups in total. The molecule has 44 heavy (non-hydrogen) atoms. The summed E-state index contributed by atoms with van der Waals surface area (Å²) in [6, 6.07) is 13.9. The summed E-state index contributed by atoms with van der Waals surface area (Å²) in [4.78, 5) is 9.05. The van der Waals surface area contributed by atoms with Gasteiger partial charge in [-0.2, -0.15) is 0 Å². The maximum Gasteiger partial charge on any atom is 0.167 e. The van der Waals surface area contributed by atoms with E-state index in [1.54, 1.807) is 12.4 Å². The van der Waals surface area contributed by atoms with Crippen molar-refractivity contribution in [3.63, 3.8) is 0 Å². The van der Waals surface area contributed by atoms with Gasteiger partial charge in [0.05, 0.1) is 18.4 Å². The molecule has 4 aromatic heterocycles. The van der Waals surface area contributed by atoms with Crippen molar-refractivity contribution in [3.05, 3.63) is 102 Å². The lowest BCUT2D eigenvalue weighted by atomic mass is 10.1. The fourth-order valence-corrected chi connectivity index (χ4v) is 5.02. The Bertz CT molecular complexity index is 1640. The molecule has 1 aromatic carbocycles. The summed E-state index contributed by atoms with van der Waals surface area (Å²) in [5, 5.41) is 15.5. The molecule has 5 heterocycles. The van der Waals surface area contributed by atoms with Crippen LogP contribution in [-0.2, 0) is 29.1 Å². The number of ether oxygens (including phenoxy) is 2. The van der Waals surface area contributed by atoms with Gasteiger partial charge in [0, 0.05) is 67.2 Å². The summed E-state index contributed by atoms with van der Waals surface area (Å²) in [7, 11) is 0. The smallest absolute Gasteiger partial charge is 0.167 e. The van der Waals surface area contributed by atoms with Crippen LogP contribution in [0.25, 0.3) is 11.3 Å². The van der Waals surface area contributed by atoms with Crippen molar-refractivity contribution >= 4 is 0 Å². The Hall–Kier alpha value is -4.63. The lowest BCUT2D eigenvalue weighted by Gasteiger charge is -2.26. The predicted molar refractivity (Wildman–Crippen MR) is 163 cm³/mol. The highest BCUT2D eigenvalue weighted by Crippen LogP contribution is 2.25. The van der Waals surface area contributed by atoms with Crippen LogP contribution in [0.1, 0.15) is 67.1 Å². The Morgan fingerprint density at radius 3 is 2.70 bits per heavy atom. The minimum atomic E-state index is -0.189. The van der Waals surface area contributed by atoms with E-state index in [1.165, 1.54) is 0 Å². The summed E-state index contributed by atoms with van der Waals surface area (Å²) >= 11 is 0. The first-order chi connectivity index (χ1) is 21.7. The van der Waals surface area contributed by atoms with Gasteiger partial charge in [-0.25, -0.2) is 4.98 Å². The second-order valence-electron chi connectivity index (χ2n) is 10.7. The van der Waals surface area contributed by atoms with Crippen LogP contribution in [0, 0.1) is 11.8 Å². The maximum atomic E-state index is 6.11. The van der Waals surface area contributed by atoms with Crippen molar-refractivity contribution in [2.75, 3.05) is 13.2 Å². The number of aromatic nitrogens is 7. The topological polar surface area (TPSA) is 118 Å². The Kier molecular flexibility index (Phi) is 9.84. The Balaban J connectivity index is 0.987. The minimum absolute atomic E-state index is 0.173. The molecule has 0 aliphatic carbocycles. The van der Waals surface area contributed by atoms with Crippen LogP contribution in [-0.4, -0.2) is 54.1 Å². The molecule has 0 radical (unpaired) electrons. The number of pyridine rings is 1. The Morgan fingerprint density at radius 2 is 1.91 bits per heavy atom. The van der Waals surface area contributed by atoms with Crippen molar-refractivity contribution in [2.24, 2.45) is 0 Å². The number of rotatable bonds is 12. The van der Waals surface area contributed by atoms with E-state index in [2.05, 4.69) is 42.6 Å². The summed E-state index contributed by atoms with van der Waals surface area (Å²) < 4.78 is 21.4. The molecule has 1 aliphatic heterocycles. The molecule has 1 fully saturated rings. The highest BCUT2D eigenvalue weighted by molar-refractivity contribution is 5.59. The highest BCUT2D eigenvalue weighted by Gasteiger charge is 2.21. The van der Waals surface area contributed by atoms with E-state index in [0.29, 0.717) is 18.8 Å². The van der Waals surface area contributed by atoms with Crippen LogP contribution in [0.5, 0.6) is 0 Å². The summed E-state index contributed by atoms with van der Waals surface area (Å²) in [6.07, 6.45) is 12.8. The highest BCUT2D eigenvalue weighted by atomic mass is 16.7. The molecule has 0 spiro atoms. The zero-order chi connectivity index (χ0) is 30.0. The minimum Gasteiger partial charge on any atom is -0.356 e. The fraction of sp³-hybridized carbons (Fsp3) is 0.364. The third kappa shape index (κ3) is 8.05. The first-order valence-electron chi connectivity index (χ1n) is 15.1. The average Bonchev–Trinajstić information content (AvgIpc) is 3.85. The molecule has 1 aliphatic rings. The molecular formula is C33H36N8O3. The maximum absolute atomic E-state index is 6.11. The van der Waals surface area contributed by atoms with E-state index in [0.717, 1.165) is 79.3 Å². The predicted octanol–water partition coefficient (Wildman–Crippen LogP) is 4.76. The molecule has 1 saturated heterocycles. The third-order valence-electron chi connectivity index (χ3n) is 7.36. The van der Waals surface area contributed by atoms with Crippen LogP contribution in [0.3, 0.4) is 0 Å². The van der Waals surface area contributed by atoms with Crippen LogP contribution in [0.2, 0.25) is 0 Å². The van der Waals surface area contributed by atoms with Gasteiger partial charge in [0.2, 0.25) is 0 Å². The molecule has 0 amide bonds. The van der Waals surface area contributed by atoms with E-state index in [-0.39, 0.29) is 12.4 Å². The van der Waals surface area contributed by atoms with Crippen molar-refractivity contribution in [1.82, 2.24) is 40.0 Å². The second kappa shape index (κ2) is 14.7. The first kappa shape index (κ1) is 29.4. The zero-order valence-electron chi connectivity index (χ0n) is 24.8. The SMILES string of the molecule is C[C@H](OC1CCCCO1)c1nccn1Cc1cc(-c2ccc(C#Cc3ccc(CNCCCn4ccnn4)nc3)cc2)on1. The van der Waals surface area contributed by atoms with Gasteiger partial charge >= 0.3 is 0 Å². The monoisotopic (exact) mass is 592 g/mol. The van der Waals surface area contributed by atoms with E-state index in [4.69, 9.17) is 14.0 Å². The number of nitrogens with one attached hydrogen (secondary N) is 1. The Morgan fingerprint density at radius 1 is 1.02 bits per heavy atom.